The minimum absolute atomic E-state index is 0.163. The van der Waals surface area contributed by atoms with Crippen molar-refractivity contribution < 1.29 is 23.8 Å². The van der Waals surface area contributed by atoms with Gasteiger partial charge < -0.3 is 19.6 Å². The summed E-state index contributed by atoms with van der Waals surface area (Å²) in [5, 5.41) is 18.9. The van der Waals surface area contributed by atoms with Crippen LogP contribution in [0.3, 0.4) is 0 Å². The Morgan fingerprint density at radius 2 is 2.10 bits per heavy atom. The van der Waals surface area contributed by atoms with Gasteiger partial charge in [0.15, 0.2) is 0 Å². The van der Waals surface area contributed by atoms with Crippen molar-refractivity contribution in [3.63, 3.8) is 0 Å². The molecule has 1 atom stereocenters. The highest BCUT2D eigenvalue weighted by atomic mass is 32.2. The van der Waals surface area contributed by atoms with E-state index in [-0.39, 0.29) is 5.75 Å². The first-order chi connectivity index (χ1) is 9.67. The van der Waals surface area contributed by atoms with Crippen LogP contribution in [0, 0.1) is 6.92 Å². The van der Waals surface area contributed by atoms with Gasteiger partial charge >= 0.3 is 12.1 Å². The average Bonchev–Trinajstić information content (AvgIpc) is 2.71. The van der Waals surface area contributed by atoms with Crippen LogP contribution < -0.4 is 5.32 Å². The molecule has 2 N–H and O–H groups in total. The second-order valence-corrected chi connectivity index (χ2v) is 6.30. The molecule has 1 heterocycles. The summed E-state index contributed by atoms with van der Waals surface area (Å²) in [7, 11) is 0. The number of rotatable bonds is 6. The molecule has 9 heteroatoms. The van der Waals surface area contributed by atoms with Crippen LogP contribution in [0.15, 0.2) is 4.42 Å². The number of alkyl carbamates (subject to hydrolysis) is 1. The lowest BCUT2D eigenvalue weighted by Gasteiger charge is -2.21. The number of carboxylic acids is 1. The number of hydrogen-bond acceptors (Lipinski definition) is 7. The Kier molecular flexibility index (Phi) is 6.01. The number of aryl methyl sites for hydroxylation is 1. The summed E-state index contributed by atoms with van der Waals surface area (Å²) in [4.78, 5) is 22.7. The minimum atomic E-state index is -1.13. The summed E-state index contributed by atoms with van der Waals surface area (Å²) in [5.41, 5.74) is -0.679. The molecule has 0 aliphatic rings. The fourth-order valence-corrected chi connectivity index (χ4v) is 2.16. The number of nitrogens with one attached hydrogen (secondary N) is 1. The van der Waals surface area contributed by atoms with E-state index in [4.69, 9.17) is 14.3 Å². The highest BCUT2D eigenvalue weighted by Gasteiger charge is 2.24. The molecule has 1 rings (SSSR count). The van der Waals surface area contributed by atoms with E-state index >= 15 is 0 Å². The van der Waals surface area contributed by atoms with Crippen LogP contribution in [0.1, 0.15) is 32.6 Å². The molecule has 0 saturated heterocycles. The van der Waals surface area contributed by atoms with E-state index in [9.17, 15) is 9.59 Å². The maximum absolute atomic E-state index is 11.6. The van der Waals surface area contributed by atoms with Crippen molar-refractivity contribution in [3.05, 3.63) is 11.8 Å². The highest BCUT2D eigenvalue weighted by Crippen LogP contribution is 2.13. The molecule has 0 spiro atoms. The molecule has 0 aliphatic carbocycles. The molecule has 0 bridgehead atoms. The molecule has 8 nitrogen and oxygen atoms in total. The Bertz CT molecular complexity index is 497. The predicted molar refractivity (Wildman–Crippen MR) is 76.0 cm³/mol. The van der Waals surface area contributed by atoms with E-state index in [2.05, 4.69) is 15.5 Å². The zero-order valence-electron chi connectivity index (χ0n) is 12.4. The van der Waals surface area contributed by atoms with Crippen LogP contribution in [0.25, 0.3) is 0 Å². The number of aromatic nitrogens is 2. The van der Waals surface area contributed by atoms with E-state index in [0.717, 1.165) is 0 Å². The third-order valence-electron chi connectivity index (χ3n) is 2.07. The van der Waals surface area contributed by atoms with E-state index in [1.54, 1.807) is 27.7 Å². The van der Waals surface area contributed by atoms with Crippen LogP contribution >= 0.6 is 11.8 Å². The van der Waals surface area contributed by atoms with Gasteiger partial charge in [-0.2, -0.15) is 0 Å². The Morgan fingerprint density at radius 1 is 1.43 bits per heavy atom. The van der Waals surface area contributed by atoms with Gasteiger partial charge in [0.25, 0.3) is 0 Å². The molecule has 0 aromatic carbocycles. The smallest absolute Gasteiger partial charge is 0.408 e. The fraction of sp³-hybridized carbons (Fsp3) is 0.667. The summed E-state index contributed by atoms with van der Waals surface area (Å²) in [6.45, 7) is 6.78. The second kappa shape index (κ2) is 7.30. The minimum Gasteiger partial charge on any atom is -0.480 e. The zero-order chi connectivity index (χ0) is 16.0. The lowest BCUT2D eigenvalue weighted by molar-refractivity contribution is -0.138. The first-order valence-electron chi connectivity index (χ1n) is 6.26. The number of carboxylic acid groups (broad SMARTS) is 1. The third-order valence-corrected chi connectivity index (χ3v) is 3.09. The molecule has 0 aliphatic heterocycles. The first-order valence-corrected chi connectivity index (χ1v) is 7.42. The van der Waals surface area contributed by atoms with E-state index in [1.165, 1.54) is 11.8 Å². The summed E-state index contributed by atoms with van der Waals surface area (Å²) in [6.07, 6.45) is -0.760. The van der Waals surface area contributed by atoms with Gasteiger partial charge in [0, 0.05) is 12.7 Å². The van der Waals surface area contributed by atoms with Gasteiger partial charge in [-0.1, -0.05) is 0 Å². The topological polar surface area (TPSA) is 115 Å². The number of thioether (sulfide) groups is 1. The van der Waals surface area contributed by atoms with Gasteiger partial charge in [0.2, 0.25) is 11.8 Å². The predicted octanol–water partition coefficient (Wildman–Crippen LogP) is 1.59. The van der Waals surface area contributed by atoms with Crippen LogP contribution in [0.4, 0.5) is 4.79 Å². The summed E-state index contributed by atoms with van der Waals surface area (Å²) >= 11 is 1.27. The van der Waals surface area contributed by atoms with Crippen LogP contribution in [-0.2, 0) is 15.3 Å². The van der Waals surface area contributed by atoms with Crippen molar-refractivity contribution in [2.24, 2.45) is 0 Å². The molecule has 1 amide bonds. The van der Waals surface area contributed by atoms with E-state index in [0.29, 0.717) is 17.5 Å². The van der Waals surface area contributed by atoms with Gasteiger partial charge in [-0.15, -0.1) is 22.0 Å². The van der Waals surface area contributed by atoms with Gasteiger partial charge in [0.05, 0.1) is 5.75 Å². The molecule has 21 heavy (non-hydrogen) atoms. The van der Waals surface area contributed by atoms with Gasteiger partial charge in [-0.05, 0) is 20.8 Å². The van der Waals surface area contributed by atoms with Crippen molar-refractivity contribution in [1.29, 1.82) is 0 Å². The molecular weight excluding hydrogens is 298 g/mol. The maximum atomic E-state index is 11.6. The molecular formula is C12H19N3O5S. The molecule has 0 saturated carbocycles. The summed E-state index contributed by atoms with van der Waals surface area (Å²) in [6, 6.07) is -1.05. The van der Waals surface area contributed by atoms with E-state index in [1.807, 2.05) is 0 Å². The Hall–Kier alpha value is -1.77. The van der Waals surface area contributed by atoms with Crippen molar-refractivity contribution in [1.82, 2.24) is 15.5 Å². The lowest BCUT2D eigenvalue weighted by atomic mass is 10.2. The van der Waals surface area contributed by atoms with Gasteiger partial charge in [-0.25, -0.2) is 9.59 Å². The molecule has 118 valence electrons. The monoisotopic (exact) mass is 317 g/mol. The molecule has 1 unspecified atom stereocenters. The summed E-state index contributed by atoms with van der Waals surface area (Å²) < 4.78 is 10.2. The molecule has 1 aromatic heterocycles. The Balaban J connectivity index is 2.43. The number of amides is 1. The molecule has 1 aromatic rings. The van der Waals surface area contributed by atoms with E-state index < -0.39 is 23.7 Å². The molecule has 0 radical (unpaired) electrons. The standard InChI is InChI=1S/C12H19N3O5S/c1-7-14-15-9(19-7)6-21-5-8(10(16)17)13-11(18)20-12(2,3)4/h8H,5-6H2,1-4H3,(H,13,18)(H,16,17). The quantitative estimate of drug-likeness (QED) is 0.813. The molecule has 0 fully saturated rings. The van der Waals surface area contributed by atoms with Crippen LogP contribution in [0.2, 0.25) is 0 Å². The fourth-order valence-electron chi connectivity index (χ4n) is 1.28. The normalized spacial score (nSPS) is 12.8. The number of carbonyl (C=O) groups excluding carboxylic acids is 1. The first kappa shape index (κ1) is 17.3. The number of nitrogens with zero attached hydrogens (tertiary/aromatic N) is 2. The summed E-state index contributed by atoms with van der Waals surface area (Å²) in [5.74, 6) is 0.276. The number of aliphatic carboxylic acids is 1. The van der Waals surface area contributed by atoms with Crippen molar-refractivity contribution in [3.8, 4) is 0 Å². The highest BCUT2D eigenvalue weighted by molar-refractivity contribution is 7.98. The zero-order valence-corrected chi connectivity index (χ0v) is 13.2. The third kappa shape index (κ3) is 6.98. The van der Waals surface area contributed by atoms with Crippen LogP contribution in [0.5, 0.6) is 0 Å². The number of ether oxygens (including phenoxy) is 1. The van der Waals surface area contributed by atoms with Crippen LogP contribution in [-0.4, -0.2) is 44.8 Å². The van der Waals surface area contributed by atoms with Crippen molar-refractivity contribution in [2.45, 2.75) is 45.1 Å². The number of hydrogen-bond donors (Lipinski definition) is 2. The Morgan fingerprint density at radius 3 is 2.57 bits per heavy atom. The Labute approximate surface area is 126 Å². The van der Waals surface area contributed by atoms with Gasteiger partial charge in [-0.3, -0.25) is 0 Å². The lowest BCUT2D eigenvalue weighted by Crippen LogP contribution is -2.44. The van der Waals surface area contributed by atoms with Crippen molar-refractivity contribution >= 4 is 23.8 Å². The average molecular weight is 317 g/mol. The van der Waals surface area contributed by atoms with Crippen molar-refractivity contribution in [2.75, 3.05) is 5.75 Å². The second-order valence-electron chi connectivity index (χ2n) is 5.27. The number of carbonyl (C=O) groups is 2. The maximum Gasteiger partial charge on any atom is 0.408 e. The largest absolute Gasteiger partial charge is 0.480 e. The van der Waals surface area contributed by atoms with Gasteiger partial charge in [0.1, 0.15) is 11.6 Å². The SMILES string of the molecule is Cc1nnc(CSCC(NC(=O)OC(C)(C)C)C(=O)O)o1.